The third kappa shape index (κ3) is 2.75. The summed E-state index contributed by atoms with van der Waals surface area (Å²) in [5.41, 5.74) is 2.53. The van der Waals surface area contributed by atoms with Gasteiger partial charge in [-0.05, 0) is 36.6 Å². The normalized spacial score (nSPS) is 17.6. The van der Waals surface area contributed by atoms with Crippen LogP contribution >= 0.6 is 0 Å². The van der Waals surface area contributed by atoms with Crippen molar-refractivity contribution < 1.29 is 9.21 Å². The highest BCUT2D eigenvalue weighted by atomic mass is 16.3. The SMILES string of the molecule is Cc1ccc(CNC(=O)[C@@H]2Cc3ccccc3CN2)o1. The maximum Gasteiger partial charge on any atom is 0.237 e. The number of carbonyl (C=O) groups excluding carboxylic acids is 1. The number of nitrogens with one attached hydrogen (secondary N) is 2. The van der Waals surface area contributed by atoms with Crippen LogP contribution < -0.4 is 10.6 Å². The van der Waals surface area contributed by atoms with E-state index in [1.54, 1.807) is 0 Å². The number of furan rings is 1. The molecule has 0 bridgehead atoms. The van der Waals surface area contributed by atoms with Crippen LogP contribution in [0.4, 0.5) is 0 Å². The summed E-state index contributed by atoms with van der Waals surface area (Å²) in [5, 5.41) is 6.19. The Morgan fingerprint density at radius 2 is 2.10 bits per heavy atom. The average molecular weight is 270 g/mol. The fraction of sp³-hybridized carbons (Fsp3) is 0.312. The molecule has 0 fully saturated rings. The molecule has 0 radical (unpaired) electrons. The van der Waals surface area contributed by atoms with Crippen LogP contribution in [0.5, 0.6) is 0 Å². The molecule has 1 amide bonds. The molecule has 104 valence electrons. The molecule has 1 atom stereocenters. The van der Waals surface area contributed by atoms with E-state index in [-0.39, 0.29) is 11.9 Å². The van der Waals surface area contributed by atoms with Crippen molar-refractivity contribution in [1.29, 1.82) is 0 Å². The fourth-order valence-electron chi connectivity index (χ4n) is 2.52. The molecule has 20 heavy (non-hydrogen) atoms. The topological polar surface area (TPSA) is 54.3 Å². The zero-order valence-corrected chi connectivity index (χ0v) is 11.5. The lowest BCUT2D eigenvalue weighted by Crippen LogP contribution is -2.47. The summed E-state index contributed by atoms with van der Waals surface area (Å²) in [5.74, 6) is 1.67. The molecule has 3 rings (SSSR count). The Morgan fingerprint density at radius 3 is 2.85 bits per heavy atom. The molecule has 1 aromatic heterocycles. The lowest BCUT2D eigenvalue weighted by Gasteiger charge is -2.25. The maximum atomic E-state index is 12.2. The van der Waals surface area contributed by atoms with Gasteiger partial charge in [0.2, 0.25) is 5.91 Å². The highest BCUT2D eigenvalue weighted by Crippen LogP contribution is 2.16. The third-order valence-electron chi connectivity index (χ3n) is 3.63. The summed E-state index contributed by atoms with van der Waals surface area (Å²) in [6, 6.07) is 11.9. The Balaban J connectivity index is 1.59. The van der Waals surface area contributed by atoms with Gasteiger partial charge in [0.1, 0.15) is 11.5 Å². The molecule has 4 nitrogen and oxygen atoms in total. The first kappa shape index (κ1) is 12.9. The first-order valence-electron chi connectivity index (χ1n) is 6.85. The van der Waals surface area contributed by atoms with Gasteiger partial charge in [0.25, 0.3) is 0 Å². The quantitative estimate of drug-likeness (QED) is 0.896. The molecule has 2 N–H and O–H groups in total. The molecule has 2 aromatic rings. The van der Waals surface area contributed by atoms with Crippen molar-refractivity contribution in [3.63, 3.8) is 0 Å². The van der Waals surface area contributed by atoms with Gasteiger partial charge < -0.3 is 15.1 Å². The van der Waals surface area contributed by atoms with Gasteiger partial charge in [-0.3, -0.25) is 4.79 Å². The number of hydrogen-bond donors (Lipinski definition) is 2. The van der Waals surface area contributed by atoms with Gasteiger partial charge >= 0.3 is 0 Å². The molecule has 0 spiro atoms. The van der Waals surface area contributed by atoms with Crippen molar-refractivity contribution in [2.45, 2.75) is 32.5 Å². The van der Waals surface area contributed by atoms with Gasteiger partial charge in [0.05, 0.1) is 12.6 Å². The summed E-state index contributed by atoms with van der Waals surface area (Å²) in [6.45, 7) is 3.07. The van der Waals surface area contributed by atoms with Crippen molar-refractivity contribution in [3.8, 4) is 0 Å². The lowest BCUT2D eigenvalue weighted by atomic mass is 9.95. The summed E-state index contributed by atoms with van der Waals surface area (Å²) in [4.78, 5) is 12.2. The van der Waals surface area contributed by atoms with Crippen LogP contribution in [0.3, 0.4) is 0 Å². The van der Waals surface area contributed by atoms with Crippen molar-refractivity contribution in [2.75, 3.05) is 0 Å². The van der Waals surface area contributed by atoms with Crippen molar-refractivity contribution in [2.24, 2.45) is 0 Å². The van der Waals surface area contributed by atoms with Crippen LogP contribution in [0.2, 0.25) is 0 Å². The number of hydrogen-bond acceptors (Lipinski definition) is 3. The van der Waals surface area contributed by atoms with Gasteiger partial charge in [-0.2, -0.15) is 0 Å². The number of fused-ring (bicyclic) bond motifs is 1. The standard InChI is InChI=1S/C16H18N2O2/c1-11-6-7-14(20-11)10-18-16(19)15-8-12-4-2-3-5-13(12)9-17-15/h2-7,15,17H,8-10H2,1H3,(H,18,19)/t15-/m0/s1. The minimum absolute atomic E-state index is 0.0218. The van der Waals surface area contributed by atoms with Crippen LogP contribution in [0, 0.1) is 6.92 Å². The minimum Gasteiger partial charge on any atom is -0.465 e. The van der Waals surface area contributed by atoms with Gasteiger partial charge in [0, 0.05) is 6.54 Å². The van der Waals surface area contributed by atoms with E-state index in [2.05, 4.69) is 22.8 Å². The Kier molecular flexibility index (Phi) is 3.56. The predicted molar refractivity (Wildman–Crippen MR) is 76.1 cm³/mol. The first-order valence-corrected chi connectivity index (χ1v) is 6.85. The highest BCUT2D eigenvalue weighted by molar-refractivity contribution is 5.82. The number of amides is 1. The zero-order chi connectivity index (χ0) is 13.9. The monoisotopic (exact) mass is 270 g/mol. The van der Waals surface area contributed by atoms with E-state index in [4.69, 9.17) is 4.42 Å². The van der Waals surface area contributed by atoms with E-state index in [1.165, 1.54) is 11.1 Å². The fourth-order valence-corrected chi connectivity index (χ4v) is 2.52. The Labute approximate surface area is 118 Å². The van der Waals surface area contributed by atoms with Crippen molar-refractivity contribution in [1.82, 2.24) is 10.6 Å². The molecular formula is C16H18N2O2. The molecule has 0 unspecified atom stereocenters. The van der Waals surface area contributed by atoms with E-state index in [1.807, 2.05) is 31.2 Å². The number of aryl methyl sites for hydroxylation is 1. The average Bonchev–Trinajstić information content (AvgIpc) is 2.90. The molecule has 2 heterocycles. The van der Waals surface area contributed by atoms with Crippen LogP contribution in [0.25, 0.3) is 0 Å². The van der Waals surface area contributed by atoms with Crippen LogP contribution in [0.15, 0.2) is 40.8 Å². The molecule has 0 saturated carbocycles. The van der Waals surface area contributed by atoms with E-state index in [0.29, 0.717) is 6.54 Å². The summed E-state index contributed by atoms with van der Waals surface area (Å²) >= 11 is 0. The highest BCUT2D eigenvalue weighted by Gasteiger charge is 2.23. The largest absolute Gasteiger partial charge is 0.465 e. The second-order valence-corrected chi connectivity index (χ2v) is 5.14. The van der Waals surface area contributed by atoms with Gasteiger partial charge in [-0.25, -0.2) is 0 Å². The number of benzene rings is 1. The van der Waals surface area contributed by atoms with Gasteiger partial charge in [-0.1, -0.05) is 24.3 Å². The van der Waals surface area contributed by atoms with Crippen molar-refractivity contribution in [3.05, 3.63) is 59.0 Å². The van der Waals surface area contributed by atoms with E-state index < -0.39 is 0 Å². The molecule has 1 aromatic carbocycles. The Morgan fingerprint density at radius 1 is 1.30 bits per heavy atom. The minimum atomic E-state index is -0.166. The summed E-state index contributed by atoms with van der Waals surface area (Å²) < 4.78 is 5.44. The molecule has 4 heteroatoms. The number of carbonyl (C=O) groups is 1. The van der Waals surface area contributed by atoms with Crippen LogP contribution in [-0.2, 0) is 24.3 Å². The molecular weight excluding hydrogens is 252 g/mol. The van der Waals surface area contributed by atoms with Crippen LogP contribution in [0.1, 0.15) is 22.6 Å². The van der Waals surface area contributed by atoms with Crippen molar-refractivity contribution >= 4 is 5.91 Å². The molecule has 1 aliphatic heterocycles. The van der Waals surface area contributed by atoms with Gasteiger partial charge in [0.15, 0.2) is 0 Å². The Bertz CT molecular complexity index is 618. The zero-order valence-electron chi connectivity index (χ0n) is 11.5. The summed E-state index contributed by atoms with van der Waals surface area (Å²) in [6.07, 6.45) is 0.735. The molecule has 0 saturated heterocycles. The summed E-state index contributed by atoms with van der Waals surface area (Å²) in [7, 11) is 0. The van der Waals surface area contributed by atoms with E-state index in [0.717, 1.165) is 24.5 Å². The van der Waals surface area contributed by atoms with Gasteiger partial charge in [-0.15, -0.1) is 0 Å². The second-order valence-electron chi connectivity index (χ2n) is 5.14. The third-order valence-corrected chi connectivity index (χ3v) is 3.63. The molecule has 1 aliphatic rings. The number of rotatable bonds is 3. The maximum absolute atomic E-state index is 12.2. The second kappa shape index (κ2) is 5.51. The first-order chi connectivity index (χ1) is 9.72. The van der Waals surface area contributed by atoms with Crippen LogP contribution in [-0.4, -0.2) is 11.9 Å². The predicted octanol–water partition coefficient (Wildman–Crippen LogP) is 1.92. The lowest BCUT2D eigenvalue weighted by molar-refractivity contribution is -0.123. The smallest absolute Gasteiger partial charge is 0.237 e. The molecule has 0 aliphatic carbocycles. The van der Waals surface area contributed by atoms with E-state index >= 15 is 0 Å². The Hall–Kier alpha value is -2.07. The van der Waals surface area contributed by atoms with E-state index in [9.17, 15) is 4.79 Å².